The van der Waals surface area contributed by atoms with Crippen LogP contribution in [-0.4, -0.2) is 11.2 Å². The molecule has 0 amide bonds. The van der Waals surface area contributed by atoms with E-state index in [0.29, 0.717) is 0 Å². The number of hydrogen-bond donors (Lipinski definition) is 1. The molecule has 0 aliphatic carbocycles. The third-order valence-corrected chi connectivity index (χ3v) is 0.834. The molecule has 0 saturated carbocycles. The molecule has 50 valence electrons. The second-order valence-corrected chi connectivity index (χ2v) is 1.64. The summed E-state index contributed by atoms with van der Waals surface area (Å²) >= 11 is 0. The Labute approximate surface area is 56.0 Å². The lowest BCUT2D eigenvalue weighted by Gasteiger charge is -1.92. The van der Waals surface area contributed by atoms with Crippen LogP contribution in [0.15, 0.2) is 37.0 Å². The maximum Gasteiger partial charge on any atom is 0.0905 e. The van der Waals surface area contributed by atoms with E-state index in [2.05, 4.69) is 6.58 Å². The molecule has 0 aromatic carbocycles. The molecular formula is C8H12O. The second kappa shape index (κ2) is 5.32. The average molecular weight is 124 g/mol. The first-order valence-electron chi connectivity index (χ1n) is 2.91. The predicted octanol–water partition coefficient (Wildman–Crippen LogP) is 1.67. The van der Waals surface area contributed by atoms with Crippen molar-refractivity contribution < 1.29 is 5.11 Å². The summed E-state index contributed by atoms with van der Waals surface area (Å²) in [5, 5.41) is 8.96. The maximum absolute atomic E-state index is 8.96. The molecule has 0 fully saturated rings. The van der Waals surface area contributed by atoms with Crippen LogP contribution in [0.1, 0.15) is 6.92 Å². The van der Waals surface area contributed by atoms with Crippen LogP contribution in [0.5, 0.6) is 0 Å². The number of aliphatic hydroxyl groups excluding tert-OH is 1. The van der Waals surface area contributed by atoms with E-state index in [1.807, 2.05) is 6.92 Å². The summed E-state index contributed by atoms with van der Waals surface area (Å²) in [5.41, 5.74) is 0. The summed E-state index contributed by atoms with van der Waals surface area (Å²) in [7, 11) is 0. The largest absolute Gasteiger partial charge is 0.385 e. The molecule has 1 unspecified atom stereocenters. The van der Waals surface area contributed by atoms with Gasteiger partial charge in [0.2, 0.25) is 0 Å². The van der Waals surface area contributed by atoms with Crippen molar-refractivity contribution in [3.05, 3.63) is 37.0 Å². The van der Waals surface area contributed by atoms with Gasteiger partial charge in [-0.05, 0) is 6.92 Å². The molecule has 0 aromatic heterocycles. The Morgan fingerprint density at radius 2 is 2.11 bits per heavy atom. The van der Waals surface area contributed by atoms with Gasteiger partial charge in [-0.1, -0.05) is 37.0 Å². The standard InChI is InChI=1S/C8H12O/c1-3-5-7-8(9)6-4-2/h3-9H,1H2,2H3/b6-4+,7-5+. The molecule has 1 N–H and O–H groups in total. The summed E-state index contributed by atoms with van der Waals surface area (Å²) in [5.74, 6) is 0. The first kappa shape index (κ1) is 8.18. The van der Waals surface area contributed by atoms with E-state index in [1.54, 1.807) is 30.4 Å². The zero-order valence-electron chi connectivity index (χ0n) is 5.62. The SMILES string of the molecule is C=C/C=C/C(O)/C=C/C. The minimum absolute atomic E-state index is 0.465. The molecule has 1 heteroatoms. The van der Waals surface area contributed by atoms with E-state index >= 15 is 0 Å². The van der Waals surface area contributed by atoms with Gasteiger partial charge in [-0.25, -0.2) is 0 Å². The quantitative estimate of drug-likeness (QED) is 0.448. The Hall–Kier alpha value is -0.820. The van der Waals surface area contributed by atoms with Gasteiger partial charge >= 0.3 is 0 Å². The molecule has 0 radical (unpaired) electrons. The monoisotopic (exact) mass is 124 g/mol. The molecule has 9 heavy (non-hydrogen) atoms. The number of hydrogen-bond acceptors (Lipinski definition) is 1. The van der Waals surface area contributed by atoms with E-state index < -0.39 is 6.10 Å². The van der Waals surface area contributed by atoms with Crippen molar-refractivity contribution >= 4 is 0 Å². The molecule has 1 atom stereocenters. The third-order valence-electron chi connectivity index (χ3n) is 0.834. The highest BCUT2D eigenvalue weighted by molar-refractivity contribution is 5.06. The average Bonchev–Trinajstić information content (AvgIpc) is 1.85. The smallest absolute Gasteiger partial charge is 0.0905 e. The Morgan fingerprint density at radius 3 is 2.56 bits per heavy atom. The number of allylic oxidation sites excluding steroid dienone is 3. The van der Waals surface area contributed by atoms with Crippen LogP contribution in [0.25, 0.3) is 0 Å². The topological polar surface area (TPSA) is 20.2 Å². The number of rotatable bonds is 3. The molecule has 0 rings (SSSR count). The van der Waals surface area contributed by atoms with Crippen LogP contribution in [0.2, 0.25) is 0 Å². The number of aliphatic hydroxyl groups is 1. The maximum atomic E-state index is 8.96. The molecule has 0 aliphatic rings. The highest BCUT2D eigenvalue weighted by Crippen LogP contribution is 1.87. The lowest BCUT2D eigenvalue weighted by atomic mass is 10.3. The molecule has 0 spiro atoms. The zero-order valence-corrected chi connectivity index (χ0v) is 5.62. The van der Waals surface area contributed by atoms with Crippen LogP contribution < -0.4 is 0 Å². The van der Waals surface area contributed by atoms with Crippen LogP contribution in [0.4, 0.5) is 0 Å². The molecule has 0 aromatic rings. The van der Waals surface area contributed by atoms with Gasteiger partial charge in [0.15, 0.2) is 0 Å². The van der Waals surface area contributed by atoms with Gasteiger partial charge < -0.3 is 5.11 Å². The van der Waals surface area contributed by atoms with E-state index in [4.69, 9.17) is 5.11 Å². The first-order chi connectivity index (χ1) is 4.31. The van der Waals surface area contributed by atoms with Gasteiger partial charge in [-0.3, -0.25) is 0 Å². The van der Waals surface area contributed by atoms with Crippen LogP contribution in [-0.2, 0) is 0 Å². The van der Waals surface area contributed by atoms with Gasteiger partial charge in [0.25, 0.3) is 0 Å². The molecule has 1 nitrogen and oxygen atoms in total. The Kier molecular flexibility index (Phi) is 4.83. The fourth-order valence-electron chi connectivity index (χ4n) is 0.454. The predicted molar refractivity (Wildman–Crippen MR) is 40.2 cm³/mol. The van der Waals surface area contributed by atoms with E-state index in [9.17, 15) is 0 Å². The fraction of sp³-hybridized carbons (Fsp3) is 0.250. The van der Waals surface area contributed by atoms with E-state index in [1.165, 1.54) is 0 Å². The summed E-state index contributed by atoms with van der Waals surface area (Å²) in [6.07, 6.45) is 8.04. The minimum atomic E-state index is -0.465. The fourth-order valence-corrected chi connectivity index (χ4v) is 0.454. The van der Waals surface area contributed by atoms with Crippen molar-refractivity contribution in [3.63, 3.8) is 0 Å². The Bertz CT molecular complexity index is 123. The summed E-state index contributed by atoms with van der Waals surface area (Å²) < 4.78 is 0. The van der Waals surface area contributed by atoms with Crippen LogP contribution >= 0.6 is 0 Å². The van der Waals surface area contributed by atoms with Gasteiger partial charge in [0.05, 0.1) is 6.10 Å². The summed E-state index contributed by atoms with van der Waals surface area (Å²) in [6.45, 7) is 5.34. The van der Waals surface area contributed by atoms with Gasteiger partial charge in [-0.15, -0.1) is 0 Å². The van der Waals surface area contributed by atoms with Crippen molar-refractivity contribution in [2.75, 3.05) is 0 Å². The van der Waals surface area contributed by atoms with Crippen LogP contribution in [0, 0.1) is 0 Å². The molecule has 0 saturated heterocycles. The zero-order chi connectivity index (χ0) is 7.11. The van der Waals surface area contributed by atoms with Gasteiger partial charge in [-0.2, -0.15) is 0 Å². The lowest BCUT2D eigenvalue weighted by Crippen LogP contribution is -1.94. The summed E-state index contributed by atoms with van der Waals surface area (Å²) in [4.78, 5) is 0. The normalized spacial score (nSPS) is 14.9. The van der Waals surface area contributed by atoms with Crippen molar-refractivity contribution in [1.29, 1.82) is 0 Å². The highest BCUT2D eigenvalue weighted by atomic mass is 16.3. The van der Waals surface area contributed by atoms with Crippen molar-refractivity contribution in [2.45, 2.75) is 13.0 Å². The van der Waals surface area contributed by atoms with E-state index in [-0.39, 0.29) is 0 Å². The Morgan fingerprint density at radius 1 is 1.44 bits per heavy atom. The molecule has 0 aliphatic heterocycles. The highest BCUT2D eigenvalue weighted by Gasteiger charge is 1.85. The second-order valence-electron chi connectivity index (χ2n) is 1.64. The van der Waals surface area contributed by atoms with Gasteiger partial charge in [0.1, 0.15) is 0 Å². The molecule has 0 heterocycles. The van der Waals surface area contributed by atoms with Crippen molar-refractivity contribution in [2.24, 2.45) is 0 Å². The minimum Gasteiger partial charge on any atom is -0.385 e. The van der Waals surface area contributed by atoms with Crippen LogP contribution in [0.3, 0.4) is 0 Å². The van der Waals surface area contributed by atoms with Crippen molar-refractivity contribution in [1.82, 2.24) is 0 Å². The Balaban J connectivity index is 3.61. The third kappa shape index (κ3) is 5.04. The molecule has 0 bridgehead atoms. The molecular weight excluding hydrogens is 112 g/mol. The summed E-state index contributed by atoms with van der Waals surface area (Å²) in [6, 6.07) is 0. The first-order valence-corrected chi connectivity index (χ1v) is 2.91. The van der Waals surface area contributed by atoms with Crippen molar-refractivity contribution in [3.8, 4) is 0 Å². The van der Waals surface area contributed by atoms with E-state index in [0.717, 1.165) is 0 Å². The lowest BCUT2D eigenvalue weighted by molar-refractivity contribution is 0.271. The van der Waals surface area contributed by atoms with Gasteiger partial charge in [0, 0.05) is 0 Å².